The number of hydrogen-bond donors (Lipinski definition) is 1. The number of amides is 1. The van der Waals surface area contributed by atoms with Gasteiger partial charge in [0.15, 0.2) is 0 Å². The fraction of sp³-hybridized carbons (Fsp3) is 0.429. The third kappa shape index (κ3) is 5.42. The SMILES string of the molecule is CC(NC(=O)OCc1ccccc1)C(C)C(=O)CBr. The van der Waals surface area contributed by atoms with E-state index in [1.807, 2.05) is 30.3 Å². The molecule has 0 aliphatic carbocycles. The Morgan fingerprint density at radius 3 is 2.47 bits per heavy atom. The zero-order valence-electron chi connectivity index (χ0n) is 11.1. The van der Waals surface area contributed by atoms with E-state index in [0.717, 1.165) is 5.56 Å². The molecule has 0 aromatic heterocycles. The van der Waals surface area contributed by atoms with Crippen LogP contribution in [0.15, 0.2) is 30.3 Å². The molecule has 0 saturated heterocycles. The molecular weight excluding hydrogens is 310 g/mol. The summed E-state index contributed by atoms with van der Waals surface area (Å²) in [6.07, 6.45) is -0.509. The number of benzene rings is 1. The van der Waals surface area contributed by atoms with Gasteiger partial charge in [-0.2, -0.15) is 0 Å². The van der Waals surface area contributed by atoms with Gasteiger partial charge in [-0.1, -0.05) is 53.2 Å². The second kappa shape index (κ2) is 7.94. The van der Waals surface area contributed by atoms with Crippen molar-refractivity contribution in [2.24, 2.45) is 5.92 Å². The number of carbonyl (C=O) groups excluding carboxylic acids is 2. The summed E-state index contributed by atoms with van der Waals surface area (Å²) in [6.45, 7) is 3.79. The molecule has 1 aromatic carbocycles. The predicted octanol–water partition coefficient (Wildman–Crippen LogP) is 2.90. The van der Waals surface area contributed by atoms with Crippen molar-refractivity contribution in [1.82, 2.24) is 5.32 Å². The number of rotatable bonds is 6. The lowest BCUT2D eigenvalue weighted by Crippen LogP contribution is -2.40. The Balaban J connectivity index is 2.37. The zero-order chi connectivity index (χ0) is 14.3. The van der Waals surface area contributed by atoms with Crippen molar-refractivity contribution in [3.63, 3.8) is 0 Å². The van der Waals surface area contributed by atoms with E-state index < -0.39 is 6.09 Å². The van der Waals surface area contributed by atoms with Crippen LogP contribution in [0.25, 0.3) is 0 Å². The standard InChI is InChI=1S/C14H18BrNO3/c1-10(13(17)8-15)11(2)16-14(18)19-9-12-6-4-3-5-7-12/h3-7,10-11H,8-9H2,1-2H3,(H,16,18). The second-order valence-corrected chi connectivity index (χ2v) is 4.94. The summed E-state index contributed by atoms with van der Waals surface area (Å²) >= 11 is 3.12. The van der Waals surface area contributed by atoms with Crippen molar-refractivity contribution >= 4 is 27.8 Å². The van der Waals surface area contributed by atoms with E-state index in [1.165, 1.54) is 0 Å². The molecule has 0 heterocycles. The largest absolute Gasteiger partial charge is 0.445 e. The number of halogens is 1. The number of hydrogen-bond acceptors (Lipinski definition) is 3. The maximum atomic E-state index is 11.6. The normalized spacial score (nSPS) is 13.4. The number of ether oxygens (including phenoxy) is 1. The van der Waals surface area contributed by atoms with Gasteiger partial charge in [0.25, 0.3) is 0 Å². The molecule has 0 bridgehead atoms. The first-order valence-corrected chi connectivity index (χ1v) is 7.22. The van der Waals surface area contributed by atoms with Crippen LogP contribution in [-0.4, -0.2) is 23.2 Å². The van der Waals surface area contributed by atoms with Gasteiger partial charge in [-0.15, -0.1) is 0 Å². The molecule has 1 amide bonds. The van der Waals surface area contributed by atoms with Crippen molar-refractivity contribution < 1.29 is 14.3 Å². The topological polar surface area (TPSA) is 55.4 Å². The highest BCUT2D eigenvalue weighted by Gasteiger charge is 2.21. The fourth-order valence-corrected chi connectivity index (χ4v) is 1.99. The fourth-order valence-electron chi connectivity index (χ4n) is 1.48. The Bertz CT molecular complexity index is 422. The molecule has 2 unspecified atom stereocenters. The molecule has 1 aromatic rings. The van der Waals surface area contributed by atoms with Gasteiger partial charge in [-0.3, -0.25) is 4.79 Å². The third-order valence-electron chi connectivity index (χ3n) is 2.95. The first-order chi connectivity index (χ1) is 9.04. The van der Waals surface area contributed by atoms with Gasteiger partial charge >= 0.3 is 6.09 Å². The molecule has 5 heteroatoms. The molecule has 4 nitrogen and oxygen atoms in total. The minimum Gasteiger partial charge on any atom is -0.445 e. The van der Waals surface area contributed by atoms with Crippen molar-refractivity contribution in [2.75, 3.05) is 5.33 Å². The molecule has 2 atom stereocenters. The lowest BCUT2D eigenvalue weighted by Gasteiger charge is -2.19. The summed E-state index contributed by atoms with van der Waals surface area (Å²) in [5.74, 6) is -0.195. The smallest absolute Gasteiger partial charge is 0.407 e. The molecule has 0 radical (unpaired) electrons. The van der Waals surface area contributed by atoms with Crippen molar-refractivity contribution in [2.45, 2.75) is 26.5 Å². The Kier molecular flexibility index (Phi) is 6.56. The highest BCUT2D eigenvalue weighted by atomic mass is 79.9. The van der Waals surface area contributed by atoms with Crippen LogP contribution in [0.4, 0.5) is 4.79 Å². The molecule has 104 valence electrons. The minimum absolute atomic E-state index is 0.0517. The molecule has 0 saturated carbocycles. The van der Waals surface area contributed by atoms with Gasteiger partial charge in [0, 0.05) is 12.0 Å². The summed E-state index contributed by atoms with van der Waals surface area (Å²) in [4.78, 5) is 23.1. The van der Waals surface area contributed by atoms with Crippen LogP contribution >= 0.6 is 15.9 Å². The quantitative estimate of drug-likeness (QED) is 0.817. The van der Waals surface area contributed by atoms with Crippen LogP contribution in [0.1, 0.15) is 19.4 Å². The summed E-state index contributed by atoms with van der Waals surface area (Å²) in [7, 11) is 0. The molecule has 1 N–H and O–H groups in total. The average molecular weight is 328 g/mol. The maximum absolute atomic E-state index is 11.6. The van der Waals surface area contributed by atoms with Crippen LogP contribution < -0.4 is 5.32 Å². The Hall–Kier alpha value is -1.36. The van der Waals surface area contributed by atoms with E-state index >= 15 is 0 Å². The Morgan fingerprint density at radius 2 is 1.89 bits per heavy atom. The van der Waals surface area contributed by atoms with Gasteiger partial charge in [-0.25, -0.2) is 4.79 Å². The van der Waals surface area contributed by atoms with Crippen LogP contribution in [-0.2, 0) is 16.1 Å². The van der Waals surface area contributed by atoms with Crippen molar-refractivity contribution in [3.8, 4) is 0 Å². The van der Waals surface area contributed by atoms with Gasteiger partial charge in [0.05, 0.1) is 5.33 Å². The van der Waals surface area contributed by atoms with Gasteiger partial charge in [-0.05, 0) is 12.5 Å². The lowest BCUT2D eigenvalue weighted by atomic mass is 10.00. The number of Topliss-reactive ketones (excluding diaryl/α,β-unsaturated/α-hetero) is 1. The summed E-state index contributed by atoms with van der Waals surface area (Å²) in [5.41, 5.74) is 0.926. The number of ketones is 1. The second-order valence-electron chi connectivity index (χ2n) is 4.38. The van der Waals surface area contributed by atoms with Crippen LogP contribution in [0.5, 0.6) is 0 Å². The van der Waals surface area contributed by atoms with Gasteiger partial charge in [0.2, 0.25) is 0 Å². The van der Waals surface area contributed by atoms with Crippen LogP contribution in [0.3, 0.4) is 0 Å². The molecule has 0 fully saturated rings. The first kappa shape index (κ1) is 15.7. The highest BCUT2D eigenvalue weighted by molar-refractivity contribution is 9.09. The average Bonchev–Trinajstić information content (AvgIpc) is 2.44. The van der Waals surface area contributed by atoms with Crippen molar-refractivity contribution in [1.29, 1.82) is 0 Å². The molecule has 19 heavy (non-hydrogen) atoms. The predicted molar refractivity (Wildman–Crippen MR) is 77.2 cm³/mol. The van der Waals surface area contributed by atoms with Crippen LogP contribution in [0.2, 0.25) is 0 Å². The Morgan fingerprint density at radius 1 is 1.26 bits per heavy atom. The van der Waals surface area contributed by atoms with E-state index in [0.29, 0.717) is 5.33 Å². The first-order valence-electron chi connectivity index (χ1n) is 6.10. The number of alkyl carbamates (subject to hydrolysis) is 1. The number of alkyl halides is 1. The highest BCUT2D eigenvalue weighted by Crippen LogP contribution is 2.07. The van der Waals surface area contributed by atoms with Crippen molar-refractivity contribution in [3.05, 3.63) is 35.9 Å². The van der Waals surface area contributed by atoms with Gasteiger partial charge < -0.3 is 10.1 Å². The van der Waals surface area contributed by atoms with E-state index in [1.54, 1.807) is 13.8 Å². The Labute approximate surface area is 121 Å². The lowest BCUT2D eigenvalue weighted by molar-refractivity contribution is -0.120. The van der Waals surface area contributed by atoms with E-state index in [2.05, 4.69) is 21.2 Å². The monoisotopic (exact) mass is 327 g/mol. The molecule has 0 spiro atoms. The maximum Gasteiger partial charge on any atom is 0.407 e. The van der Waals surface area contributed by atoms with E-state index in [9.17, 15) is 9.59 Å². The minimum atomic E-state index is -0.509. The van der Waals surface area contributed by atoms with E-state index in [-0.39, 0.29) is 24.3 Å². The van der Waals surface area contributed by atoms with Gasteiger partial charge in [0.1, 0.15) is 12.4 Å². The summed E-state index contributed by atoms with van der Waals surface area (Å²) in [6, 6.07) is 9.18. The number of nitrogens with one attached hydrogen (secondary N) is 1. The number of carbonyl (C=O) groups is 2. The molecular formula is C14H18BrNO3. The summed E-state index contributed by atoms with van der Waals surface area (Å²) in [5, 5.41) is 2.95. The third-order valence-corrected chi connectivity index (χ3v) is 3.50. The zero-order valence-corrected chi connectivity index (χ0v) is 12.6. The molecule has 0 aliphatic rings. The molecule has 1 rings (SSSR count). The molecule has 0 aliphatic heterocycles. The summed E-state index contributed by atoms with van der Waals surface area (Å²) < 4.78 is 5.09. The van der Waals surface area contributed by atoms with E-state index in [4.69, 9.17) is 4.74 Å². The van der Waals surface area contributed by atoms with Crippen LogP contribution in [0, 0.1) is 5.92 Å².